The predicted octanol–water partition coefficient (Wildman–Crippen LogP) is 3.86. The van der Waals surface area contributed by atoms with E-state index in [1.807, 2.05) is 31.2 Å². The minimum atomic E-state index is -1.02. The number of phenols is 1. The number of benzene rings is 3. The minimum absolute atomic E-state index is 0.125. The maximum atomic E-state index is 11.3. The van der Waals surface area contributed by atoms with Crippen LogP contribution in [-0.4, -0.2) is 47.6 Å². The number of hydrogen-bond acceptors (Lipinski definition) is 6. The van der Waals surface area contributed by atoms with Gasteiger partial charge in [-0.1, -0.05) is 30.3 Å². The van der Waals surface area contributed by atoms with Crippen molar-refractivity contribution in [2.75, 3.05) is 26.3 Å². The number of carboxylic acid groups (broad SMARTS) is 1. The Hall–Kier alpha value is -3.55. The van der Waals surface area contributed by atoms with E-state index in [0.717, 1.165) is 11.1 Å². The van der Waals surface area contributed by atoms with Crippen molar-refractivity contribution < 1.29 is 29.6 Å². The average molecular weight is 437 g/mol. The summed E-state index contributed by atoms with van der Waals surface area (Å²) >= 11 is 0. The third-order valence-electron chi connectivity index (χ3n) is 4.84. The average Bonchev–Trinajstić information content (AvgIpc) is 2.79. The van der Waals surface area contributed by atoms with Gasteiger partial charge in [0, 0.05) is 13.1 Å². The van der Waals surface area contributed by atoms with Crippen molar-refractivity contribution in [2.24, 2.45) is 0 Å². The molecule has 32 heavy (non-hydrogen) atoms. The van der Waals surface area contributed by atoms with Crippen LogP contribution in [0.2, 0.25) is 0 Å². The molecule has 168 valence electrons. The number of aromatic hydroxyl groups is 1. The lowest BCUT2D eigenvalue weighted by molar-refractivity contribution is 0.0692. The van der Waals surface area contributed by atoms with Crippen LogP contribution in [-0.2, 0) is 0 Å². The maximum Gasteiger partial charge on any atom is 0.339 e. The van der Waals surface area contributed by atoms with Gasteiger partial charge in [-0.05, 0) is 60.0 Å². The molecule has 0 saturated heterocycles. The second-order valence-electron chi connectivity index (χ2n) is 7.14. The quantitative estimate of drug-likeness (QED) is 0.337. The van der Waals surface area contributed by atoms with Gasteiger partial charge in [-0.3, -0.25) is 0 Å². The summed E-state index contributed by atoms with van der Waals surface area (Å²) in [5.41, 5.74) is 2.56. The van der Waals surface area contributed by atoms with Crippen molar-refractivity contribution in [3.63, 3.8) is 0 Å². The van der Waals surface area contributed by atoms with E-state index in [1.54, 1.807) is 36.4 Å². The molecule has 0 heterocycles. The number of ether oxygens (including phenoxy) is 2. The summed E-state index contributed by atoms with van der Waals surface area (Å²) in [4.78, 5) is 11.3. The van der Waals surface area contributed by atoms with Gasteiger partial charge in [-0.2, -0.15) is 0 Å². The Kier molecular flexibility index (Phi) is 8.08. The zero-order valence-corrected chi connectivity index (χ0v) is 17.8. The number of carbonyl (C=O) groups is 1. The molecule has 0 amide bonds. The zero-order valence-electron chi connectivity index (χ0n) is 17.8. The number of aromatic carboxylic acids is 1. The summed E-state index contributed by atoms with van der Waals surface area (Å²) in [6, 6.07) is 19.1. The number of hydrogen-bond donors (Lipinski definition) is 4. The van der Waals surface area contributed by atoms with Crippen LogP contribution in [0.25, 0.3) is 11.1 Å². The molecule has 0 aliphatic carbocycles. The van der Waals surface area contributed by atoms with Crippen LogP contribution >= 0.6 is 0 Å². The first-order valence-corrected chi connectivity index (χ1v) is 10.4. The van der Waals surface area contributed by atoms with Gasteiger partial charge in [0.2, 0.25) is 0 Å². The zero-order chi connectivity index (χ0) is 22.9. The van der Waals surface area contributed by atoms with Crippen molar-refractivity contribution in [1.82, 2.24) is 5.32 Å². The third-order valence-corrected chi connectivity index (χ3v) is 4.84. The molecule has 0 unspecified atom stereocenters. The molecule has 0 bridgehead atoms. The molecule has 3 rings (SSSR count). The summed E-state index contributed by atoms with van der Waals surface area (Å²) in [5, 5.41) is 32.0. The first kappa shape index (κ1) is 23.1. The highest BCUT2D eigenvalue weighted by Gasteiger charge is 2.12. The van der Waals surface area contributed by atoms with Crippen molar-refractivity contribution in [3.8, 4) is 28.4 Å². The van der Waals surface area contributed by atoms with Crippen LogP contribution in [0.3, 0.4) is 0 Å². The van der Waals surface area contributed by atoms with Crippen molar-refractivity contribution in [3.05, 3.63) is 77.9 Å². The van der Waals surface area contributed by atoms with Crippen molar-refractivity contribution in [1.29, 1.82) is 0 Å². The smallest absolute Gasteiger partial charge is 0.339 e. The molecule has 0 spiro atoms. The molecule has 0 aliphatic rings. The van der Waals surface area contributed by atoms with Crippen LogP contribution in [0.1, 0.15) is 28.9 Å². The summed E-state index contributed by atoms with van der Waals surface area (Å²) in [6.07, 6.45) is -0.713. The Morgan fingerprint density at radius 2 is 1.75 bits per heavy atom. The molecule has 4 N–H and O–H groups in total. The summed E-state index contributed by atoms with van der Waals surface area (Å²) in [7, 11) is 0. The molecule has 7 heteroatoms. The van der Waals surface area contributed by atoms with Crippen LogP contribution in [0, 0.1) is 0 Å². The van der Waals surface area contributed by atoms with E-state index in [4.69, 9.17) is 9.47 Å². The molecular weight excluding hydrogens is 410 g/mol. The number of aliphatic hydroxyl groups excluding tert-OH is 1. The molecule has 0 aromatic heterocycles. The predicted molar refractivity (Wildman–Crippen MR) is 121 cm³/mol. The standard InChI is InChI=1S/C25H27NO6/c1-2-31-24-15-18(8-11-22(24)25(29)30)17-6-9-21(10-7-17)32-13-12-26-16-23(28)19-4-3-5-20(27)14-19/h3-11,14-15,23,26-28H,2,12-13,16H2,1H3,(H,29,30)/t23-/m1/s1. The Morgan fingerprint density at radius 3 is 2.44 bits per heavy atom. The first-order chi connectivity index (χ1) is 15.5. The fraction of sp³-hybridized carbons (Fsp3) is 0.240. The first-order valence-electron chi connectivity index (χ1n) is 10.4. The highest BCUT2D eigenvalue weighted by molar-refractivity contribution is 5.92. The van der Waals surface area contributed by atoms with E-state index in [0.29, 0.717) is 43.4 Å². The molecular formula is C25H27NO6. The second kappa shape index (κ2) is 11.2. The molecule has 0 aliphatic heterocycles. The Balaban J connectivity index is 1.50. The number of nitrogens with one attached hydrogen (secondary N) is 1. The van der Waals surface area contributed by atoms with E-state index in [-0.39, 0.29) is 11.3 Å². The number of aliphatic hydroxyl groups is 1. The molecule has 0 fully saturated rings. The van der Waals surface area contributed by atoms with Gasteiger partial charge in [0.25, 0.3) is 0 Å². The molecule has 0 saturated carbocycles. The molecule has 3 aromatic carbocycles. The van der Waals surface area contributed by atoms with E-state index in [2.05, 4.69) is 5.32 Å². The molecule has 3 aromatic rings. The van der Waals surface area contributed by atoms with E-state index in [9.17, 15) is 20.1 Å². The van der Waals surface area contributed by atoms with Crippen LogP contribution in [0.4, 0.5) is 0 Å². The van der Waals surface area contributed by atoms with Crippen LogP contribution < -0.4 is 14.8 Å². The maximum absolute atomic E-state index is 11.3. The van der Waals surface area contributed by atoms with E-state index in [1.165, 1.54) is 6.07 Å². The van der Waals surface area contributed by atoms with Gasteiger partial charge in [0.15, 0.2) is 0 Å². The van der Waals surface area contributed by atoms with Gasteiger partial charge in [-0.15, -0.1) is 0 Å². The number of phenolic OH excluding ortho intramolecular Hbond substituents is 1. The van der Waals surface area contributed by atoms with E-state index >= 15 is 0 Å². The van der Waals surface area contributed by atoms with Crippen molar-refractivity contribution in [2.45, 2.75) is 13.0 Å². The summed E-state index contributed by atoms with van der Waals surface area (Å²) in [6.45, 7) is 3.52. The highest BCUT2D eigenvalue weighted by atomic mass is 16.5. The largest absolute Gasteiger partial charge is 0.508 e. The Bertz CT molecular complexity index is 1030. The second-order valence-corrected chi connectivity index (χ2v) is 7.14. The fourth-order valence-corrected chi connectivity index (χ4v) is 3.23. The van der Waals surface area contributed by atoms with Gasteiger partial charge in [0.1, 0.15) is 29.4 Å². The normalized spacial score (nSPS) is 11.7. The van der Waals surface area contributed by atoms with E-state index < -0.39 is 12.1 Å². The monoisotopic (exact) mass is 437 g/mol. The molecule has 7 nitrogen and oxygen atoms in total. The number of carboxylic acids is 1. The van der Waals surface area contributed by atoms with Gasteiger partial charge in [-0.25, -0.2) is 4.79 Å². The van der Waals surface area contributed by atoms with Crippen molar-refractivity contribution >= 4 is 5.97 Å². The van der Waals surface area contributed by atoms with Gasteiger partial charge in [0.05, 0.1) is 12.7 Å². The minimum Gasteiger partial charge on any atom is -0.508 e. The lowest BCUT2D eigenvalue weighted by atomic mass is 10.0. The van der Waals surface area contributed by atoms with Gasteiger partial charge < -0.3 is 30.1 Å². The number of rotatable bonds is 11. The lowest BCUT2D eigenvalue weighted by Gasteiger charge is -2.13. The molecule has 1 atom stereocenters. The Morgan fingerprint density at radius 1 is 1.00 bits per heavy atom. The highest BCUT2D eigenvalue weighted by Crippen LogP contribution is 2.29. The van der Waals surface area contributed by atoms with Crippen LogP contribution in [0.15, 0.2) is 66.7 Å². The molecule has 0 radical (unpaired) electrons. The van der Waals surface area contributed by atoms with Gasteiger partial charge >= 0.3 is 5.97 Å². The lowest BCUT2D eigenvalue weighted by Crippen LogP contribution is -2.26. The topological polar surface area (TPSA) is 108 Å². The SMILES string of the molecule is CCOc1cc(-c2ccc(OCCNC[C@@H](O)c3cccc(O)c3)cc2)ccc1C(=O)O. The summed E-state index contributed by atoms with van der Waals surface area (Å²) < 4.78 is 11.2. The fourth-order valence-electron chi connectivity index (χ4n) is 3.23. The summed E-state index contributed by atoms with van der Waals surface area (Å²) in [5.74, 6) is 0.153. The van der Waals surface area contributed by atoms with Crippen LogP contribution in [0.5, 0.6) is 17.2 Å². The Labute approximate surface area is 186 Å². The third kappa shape index (κ3) is 6.23.